The van der Waals surface area contributed by atoms with Gasteiger partial charge in [0.15, 0.2) is 0 Å². The highest BCUT2D eigenvalue weighted by molar-refractivity contribution is 5.77. The maximum atomic E-state index is 11.8. The Kier molecular flexibility index (Phi) is 6.76. The fourth-order valence-corrected chi connectivity index (χ4v) is 2.27. The molecule has 0 atom stereocenters. The van der Waals surface area contributed by atoms with E-state index in [1.807, 2.05) is 0 Å². The minimum Gasteiger partial charge on any atom is -0.385 e. The molecule has 1 aromatic carbocycles. The van der Waals surface area contributed by atoms with E-state index in [2.05, 4.69) is 15.5 Å². The summed E-state index contributed by atoms with van der Waals surface area (Å²) in [5, 5.41) is 16.6. The molecular weight excluding hydrogens is 300 g/mol. The molecule has 0 radical (unpaired) electrons. The van der Waals surface area contributed by atoms with Crippen molar-refractivity contribution in [2.45, 2.75) is 6.42 Å². The number of carbonyl (C=O) groups is 1. The van der Waals surface area contributed by atoms with Crippen LogP contribution in [0.5, 0.6) is 0 Å². The van der Waals surface area contributed by atoms with Gasteiger partial charge in [0.05, 0.1) is 24.7 Å². The van der Waals surface area contributed by atoms with Crippen LogP contribution in [0.1, 0.15) is 6.42 Å². The molecule has 0 aliphatic carbocycles. The number of nitro groups is 1. The van der Waals surface area contributed by atoms with Gasteiger partial charge in [0.2, 0.25) is 5.91 Å². The number of amides is 1. The van der Waals surface area contributed by atoms with Crippen LogP contribution >= 0.6 is 0 Å². The third-order valence-corrected chi connectivity index (χ3v) is 3.55. The van der Waals surface area contributed by atoms with Gasteiger partial charge in [-0.15, -0.1) is 0 Å². The zero-order valence-corrected chi connectivity index (χ0v) is 13.0. The molecule has 1 aromatic rings. The van der Waals surface area contributed by atoms with E-state index >= 15 is 0 Å². The maximum absolute atomic E-state index is 11.8. The fourth-order valence-electron chi connectivity index (χ4n) is 2.27. The predicted molar refractivity (Wildman–Crippen MR) is 86.5 cm³/mol. The Labute approximate surface area is 134 Å². The van der Waals surface area contributed by atoms with E-state index in [1.165, 1.54) is 12.1 Å². The average Bonchev–Trinajstić information content (AvgIpc) is 2.56. The Bertz CT molecular complexity index is 515. The second-order valence-electron chi connectivity index (χ2n) is 5.32. The lowest BCUT2D eigenvalue weighted by Crippen LogP contribution is -2.43. The average molecular weight is 322 g/mol. The van der Waals surface area contributed by atoms with Crippen molar-refractivity contribution in [3.8, 4) is 0 Å². The largest absolute Gasteiger partial charge is 0.385 e. The second-order valence-corrected chi connectivity index (χ2v) is 5.32. The van der Waals surface area contributed by atoms with Crippen molar-refractivity contribution in [1.29, 1.82) is 0 Å². The number of benzene rings is 1. The number of anilines is 1. The molecule has 1 aliphatic heterocycles. The first-order valence-electron chi connectivity index (χ1n) is 7.70. The minimum absolute atomic E-state index is 0.0298. The molecule has 0 spiro atoms. The third kappa shape index (κ3) is 6.21. The van der Waals surface area contributed by atoms with Gasteiger partial charge in [-0.1, -0.05) is 0 Å². The summed E-state index contributed by atoms with van der Waals surface area (Å²) in [4.78, 5) is 24.0. The van der Waals surface area contributed by atoms with Gasteiger partial charge in [-0.05, 0) is 18.6 Å². The molecule has 8 nitrogen and oxygen atoms in total. The molecule has 2 rings (SSSR count). The van der Waals surface area contributed by atoms with Crippen molar-refractivity contribution in [3.05, 3.63) is 34.4 Å². The SMILES string of the molecule is O=C(CN1CCOCC1)NCCCNc1ccc([N+](=O)[O-])cc1. The van der Waals surface area contributed by atoms with Gasteiger partial charge >= 0.3 is 0 Å². The highest BCUT2D eigenvalue weighted by Crippen LogP contribution is 2.15. The number of carbonyl (C=O) groups excluding carboxylic acids is 1. The molecule has 0 aromatic heterocycles. The number of rotatable bonds is 8. The van der Waals surface area contributed by atoms with Crippen molar-refractivity contribution in [2.75, 3.05) is 51.3 Å². The number of nitrogens with one attached hydrogen (secondary N) is 2. The lowest BCUT2D eigenvalue weighted by atomic mass is 10.3. The minimum atomic E-state index is -0.423. The van der Waals surface area contributed by atoms with Crippen molar-refractivity contribution < 1.29 is 14.5 Å². The maximum Gasteiger partial charge on any atom is 0.269 e. The van der Waals surface area contributed by atoms with Crippen LogP contribution in [0.25, 0.3) is 0 Å². The first kappa shape index (κ1) is 17.2. The van der Waals surface area contributed by atoms with Crippen LogP contribution in [0.15, 0.2) is 24.3 Å². The number of non-ortho nitro benzene ring substituents is 1. The Morgan fingerprint density at radius 1 is 1.22 bits per heavy atom. The van der Waals surface area contributed by atoms with Gasteiger partial charge in [-0.2, -0.15) is 0 Å². The summed E-state index contributed by atoms with van der Waals surface area (Å²) in [6.45, 7) is 4.68. The summed E-state index contributed by atoms with van der Waals surface area (Å²) in [5.41, 5.74) is 0.904. The van der Waals surface area contributed by atoms with Crippen LogP contribution in [-0.4, -0.2) is 61.7 Å². The van der Waals surface area contributed by atoms with E-state index in [-0.39, 0.29) is 11.6 Å². The molecule has 126 valence electrons. The van der Waals surface area contributed by atoms with Gasteiger partial charge in [-0.3, -0.25) is 19.8 Å². The summed E-state index contributed by atoms with van der Waals surface area (Å²) in [6.07, 6.45) is 0.784. The van der Waals surface area contributed by atoms with Gasteiger partial charge in [0, 0.05) is 44.0 Å². The molecule has 8 heteroatoms. The predicted octanol–water partition coefficient (Wildman–Crippen LogP) is 0.845. The van der Waals surface area contributed by atoms with Gasteiger partial charge < -0.3 is 15.4 Å². The molecule has 23 heavy (non-hydrogen) atoms. The fraction of sp³-hybridized carbons (Fsp3) is 0.533. The van der Waals surface area contributed by atoms with E-state index in [1.54, 1.807) is 12.1 Å². The van der Waals surface area contributed by atoms with E-state index in [4.69, 9.17) is 4.74 Å². The van der Waals surface area contributed by atoms with Crippen molar-refractivity contribution in [2.24, 2.45) is 0 Å². The molecule has 1 fully saturated rings. The molecule has 1 saturated heterocycles. The van der Waals surface area contributed by atoms with Crippen LogP contribution < -0.4 is 10.6 Å². The number of hydrogen-bond donors (Lipinski definition) is 2. The number of nitrogens with zero attached hydrogens (tertiary/aromatic N) is 2. The standard InChI is InChI=1S/C15H22N4O4/c20-15(12-18-8-10-23-11-9-18)17-7-1-6-16-13-2-4-14(5-3-13)19(21)22/h2-5,16H,1,6-12H2,(H,17,20). The molecule has 0 unspecified atom stereocenters. The third-order valence-electron chi connectivity index (χ3n) is 3.55. The second kappa shape index (κ2) is 9.06. The summed E-state index contributed by atoms with van der Waals surface area (Å²) < 4.78 is 5.24. The van der Waals surface area contributed by atoms with E-state index in [0.29, 0.717) is 32.8 Å². The highest BCUT2D eigenvalue weighted by Gasteiger charge is 2.13. The Balaban J connectivity index is 1.56. The summed E-state index contributed by atoms with van der Waals surface area (Å²) in [5.74, 6) is 0.0298. The van der Waals surface area contributed by atoms with Crippen molar-refractivity contribution >= 4 is 17.3 Å². The molecule has 0 bridgehead atoms. The van der Waals surface area contributed by atoms with Crippen LogP contribution in [-0.2, 0) is 9.53 Å². The van der Waals surface area contributed by atoms with Crippen LogP contribution in [0, 0.1) is 10.1 Å². The van der Waals surface area contributed by atoms with Gasteiger partial charge in [0.1, 0.15) is 0 Å². The normalized spacial score (nSPS) is 15.1. The first-order chi connectivity index (χ1) is 11.1. The number of ether oxygens (including phenoxy) is 1. The molecule has 2 N–H and O–H groups in total. The van der Waals surface area contributed by atoms with Crippen LogP contribution in [0.3, 0.4) is 0 Å². The monoisotopic (exact) mass is 322 g/mol. The highest BCUT2D eigenvalue weighted by atomic mass is 16.6. The van der Waals surface area contributed by atoms with E-state index < -0.39 is 4.92 Å². The number of hydrogen-bond acceptors (Lipinski definition) is 6. The molecule has 0 saturated carbocycles. The molecule has 1 amide bonds. The van der Waals surface area contributed by atoms with E-state index in [9.17, 15) is 14.9 Å². The summed E-state index contributed by atoms with van der Waals surface area (Å²) in [7, 11) is 0. The van der Waals surface area contributed by atoms with Gasteiger partial charge in [-0.25, -0.2) is 0 Å². The number of nitro benzene ring substituents is 1. The quantitative estimate of drug-likeness (QED) is 0.418. The van der Waals surface area contributed by atoms with Crippen LogP contribution in [0.4, 0.5) is 11.4 Å². The smallest absolute Gasteiger partial charge is 0.269 e. The zero-order chi connectivity index (χ0) is 16.5. The first-order valence-corrected chi connectivity index (χ1v) is 7.70. The Morgan fingerprint density at radius 3 is 2.57 bits per heavy atom. The summed E-state index contributed by atoms with van der Waals surface area (Å²) in [6, 6.07) is 6.28. The lowest BCUT2D eigenvalue weighted by Gasteiger charge is -2.25. The van der Waals surface area contributed by atoms with Gasteiger partial charge in [0.25, 0.3) is 5.69 Å². The van der Waals surface area contributed by atoms with Crippen molar-refractivity contribution in [3.63, 3.8) is 0 Å². The lowest BCUT2D eigenvalue weighted by molar-refractivity contribution is -0.384. The topological polar surface area (TPSA) is 96.7 Å². The van der Waals surface area contributed by atoms with Crippen LogP contribution in [0.2, 0.25) is 0 Å². The molecular formula is C15H22N4O4. The van der Waals surface area contributed by atoms with Crippen molar-refractivity contribution in [1.82, 2.24) is 10.2 Å². The molecule has 1 heterocycles. The Hall–Kier alpha value is -2.19. The summed E-state index contributed by atoms with van der Waals surface area (Å²) >= 11 is 0. The Morgan fingerprint density at radius 2 is 1.91 bits per heavy atom. The zero-order valence-electron chi connectivity index (χ0n) is 13.0. The van der Waals surface area contributed by atoms with E-state index in [0.717, 1.165) is 25.2 Å². The number of morpholine rings is 1. The molecule has 1 aliphatic rings.